The number of hydrogen-bond donors (Lipinski definition) is 0. The summed E-state index contributed by atoms with van der Waals surface area (Å²) in [6.45, 7) is 5.92. The molecule has 4 aliphatic rings. The van der Waals surface area contributed by atoms with E-state index in [2.05, 4.69) is 29.8 Å². The molecule has 0 unspecified atom stereocenters. The van der Waals surface area contributed by atoms with Gasteiger partial charge in [-0.15, -0.1) is 0 Å². The number of halogens is 1. The first-order chi connectivity index (χ1) is 13.1. The molecule has 3 fully saturated rings. The molecular weight excluding hydrogens is 420 g/mol. The van der Waals surface area contributed by atoms with E-state index in [-0.39, 0.29) is 45.2 Å². The number of ether oxygens (including phenoxy) is 1. The summed E-state index contributed by atoms with van der Waals surface area (Å²) in [6.07, 6.45) is 9.60. The number of allylic oxidation sites excluding steroid dienone is 1. The van der Waals surface area contributed by atoms with Gasteiger partial charge in [-0.25, -0.2) is 0 Å². The van der Waals surface area contributed by atoms with Gasteiger partial charge in [-0.3, -0.25) is 14.4 Å². The van der Waals surface area contributed by atoms with Crippen molar-refractivity contribution in [3.63, 3.8) is 0 Å². The van der Waals surface area contributed by atoms with Crippen LogP contribution in [-0.4, -0.2) is 28.5 Å². The molecule has 6 atom stereocenters. The van der Waals surface area contributed by atoms with Gasteiger partial charge < -0.3 is 4.74 Å². The van der Waals surface area contributed by atoms with E-state index in [0.717, 1.165) is 44.9 Å². The van der Waals surface area contributed by atoms with Crippen LogP contribution in [0.5, 0.6) is 0 Å². The molecule has 0 N–H and O–H groups in total. The summed E-state index contributed by atoms with van der Waals surface area (Å²) in [5, 5.41) is 0. The molecule has 0 spiro atoms. The number of esters is 1. The second kappa shape index (κ2) is 6.78. The Hall–Kier alpha value is -0.970. The van der Waals surface area contributed by atoms with Crippen LogP contribution in [0.2, 0.25) is 0 Å². The van der Waals surface area contributed by atoms with Crippen molar-refractivity contribution in [2.75, 3.05) is 6.61 Å². The number of hydrogen-bond acceptors (Lipinski definition) is 4. The molecule has 0 aliphatic heterocycles. The fraction of sp³-hybridized carbons (Fsp3) is 0.783. The van der Waals surface area contributed by atoms with Gasteiger partial charge in [0.05, 0.1) is 0 Å². The van der Waals surface area contributed by atoms with Crippen LogP contribution in [0.3, 0.4) is 0 Å². The van der Waals surface area contributed by atoms with E-state index in [4.69, 9.17) is 4.74 Å². The molecule has 4 aliphatic carbocycles. The minimum Gasteiger partial charge on any atom is -0.458 e. The lowest BCUT2D eigenvalue weighted by Crippen LogP contribution is -2.60. The molecule has 0 bridgehead atoms. The van der Waals surface area contributed by atoms with Gasteiger partial charge in [-0.2, -0.15) is 0 Å². The fourth-order valence-corrected chi connectivity index (χ4v) is 8.45. The van der Waals surface area contributed by atoms with E-state index in [1.54, 1.807) is 0 Å². The third-order valence-corrected chi connectivity index (χ3v) is 10.7. The first-order valence-electron chi connectivity index (χ1n) is 10.7. The van der Waals surface area contributed by atoms with Crippen molar-refractivity contribution < 1.29 is 19.1 Å². The highest BCUT2D eigenvalue weighted by molar-refractivity contribution is 9.10. The molecule has 28 heavy (non-hydrogen) atoms. The Labute approximate surface area is 176 Å². The Kier molecular flexibility index (Phi) is 4.92. The van der Waals surface area contributed by atoms with Gasteiger partial charge in [0.15, 0.2) is 11.6 Å². The molecule has 0 aromatic carbocycles. The molecule has 0 aromatic heterocycles. The van der Waals surface area contributed by atoms with Gasteiger partial charge in [0.25, 0.3) is 0 Å². The summed E-state index contributed by atoms with van der Waals surface area (Å²) >= 11 is 4.25. The van der Waals surface area contributed by atoms with Crippen LogP contribution < -0.4 is 0 Å². The van der Waals surface area contributed by atoms with Crippen molar-refractivity contribution in [3.8, 4) is 0 Å². The maximum atomic E-state index is 12.8. The van der Waals surface area contributed by atoms with Crippen LogP contribution in [-0.2, 0) is 19.1 Å². The second-order valence-electron chi connectivity index (χ2n) is 9.96. The molecule has 4 rings (SSSR count). The standard InChI is InChI=1S/C23H31BrO4/c1-14(25)28-13-20(27)19-7-6-17-18-5-4-15-12-16(26)8-9-22(15,3)23(18,24)11-10-21(17,19)2/h12,17-19H,4-11,13H2,1-3H3/t17-,18-,19+,21-,22-,23+/m0/s1. The average Bonchev–Trinajstić information content (AvgIpc) is 2.98. The zero-order valence-corrected chi connectivity index (χ0v) is 18.8. The number of alkyl halides is 1. The molecule has 5 heteroatoms. The predicted molar refractivity (Wildman–Crippen MR) is 110 cm³/mol. The largest absolute Gasteiger partial charge is 0.458 e. The molecule has 0 heterocycles. The van der Waals surface area contributed by atoms with Gasteiger partial charge in [-0.05, 0) is 68.3 Å². The van der Waals surface area contributed by atoms with Crippen molar-refractivity contribution in [3.05, 3.63) is 11.6 Å². The molecule has 0 saturated heterocycles. The zero-order valence-electron chi connectivity index (χ0n) is 17.2. The highest BCUT2D eigenvalue weighted by Gasteiger charge is 2.65. The van der Waals surface area contributed by atoms with Crippen molar-refractivity contribution in [1.82, 2.24) is 0 Å². The summed E-state index contributed by atoms with van der Waals surface area (Å²) in [6, 6.07) is 0. The number of rotatable bonds is 3. The molecule has 154 valence electrons. The zero-order chi connectivity index (χ0) is 20.3. The Morgan fingerprint density at radius 1 is 1.11 bits per heavy atom. The summed E-state index contributed by atoms with van der Waals surface area (Å²) in [4.78, 5) is 36.0. The van der Waals surface area contributed by atoms with E-state index in [0.29, 0.717) is 18.3 Å². The third kappa shape index (κ3) is 2.79. The van der Waals surface area contributed by atoms with Crippen LogP contribution in [0.4, 0.5) is 0 Å². The molecule has 0 aromatic rings. The quantitative estimate of drug-likeness (QED) is 0.458. The second-order valence-corrected chi connectivity index (χ2v) is 11.4. The Morgan fingerprint density at radius 2 is 1.86 bits per heavy atom. The van der Waals surface area contributed by atoms with Crippen molar-refractivity contribution in [1.29, 1.82) is 0 Å². The van der Waals surface area contributed by atoms with E-state index in [1.807, 2.05) is 6.08 Å². The van der Waals surface area contributed by atoms with Gasteiger partial charge in [0.2, 0.25) is 0 Å². The SMILES string of the molecule is CC(=O)OCC(=O)[C@H]1CC[C@H]2[C@@H]3CCC4=CC(=O)CC[C@]4(C)[C@@]3(Br)CC[C@]12C. The van der Waals surface area contributed by atoms with Crippen LogP contribution >= 0.6 is 15.9 Å². The normalized spacial score (nSPS) is 44.8. The minimum absolute atomic E-state index is 0.00780. The number of fused-ring (bicyclic) bond motifs is 5. The monoisotopic (exact) mass is 450 g/mol. The summed E-state index contributed by atoms with van der Waals surface area (Å²) < 4.78 is 5.04. The summed E-state index contributed by atoms with van der Waals surface area (Å²) in [7, 11) is 0. The van der Waals surface area contributed by atoms with Gasteiger partial charge in [0, 0.05) is 29.0 Å². The van der Waals surface area contributed by atoms with Crippen molar-refractivity contribution in [2.24, 2.45) is 28.6 Å². The van der Waals surface area contributed by atoms with Gasteiger partial charge in [0.1, 0.15) is 6.61 Å². The predicted octanol–water partition coefficient (Wildman–Crippen LogP) is 4.78. The highest BCUT2D eigenvalue weighted by Crippen LogP contribution is 2.70. The minimum atomic E-state index is -0.387. The van der Waals surface area contributed by atoms with Crippen molar-refractivity contribution in [2.45, 2.75) is 76.5 Å². The lowest BCUT2D eigenvalue weighted by molar-refractivity contribution is -0.149. The van der Waals surface area contributed by atoms with Crippen LogP contribution in [0.25, 0.3) is 0 Å². The van der Waals surface area contributed by atoms with E-state index < -0.39 is 0 Å². The first-order valence-corrected chi connectivity index (χ1v) is 11.5. The Bertz CT molecular complexity index is 758. The number of carbonyl (C=O) groups excluding carboxylic acids is 3. The van der Waals surface area contributed by atoms with E-state index in [9.17, 15) is 14.4 Å². The third-order valence-electron chi connectivity index (χ3n) is 8.87. The van der Waals surface area contributed by atoms with Gasteiger partial charge in [-0.1, -0.05) is 35.4 Å². The first kappa shape index (κ1) is 20.3. The fourth-order valence-electron chi connectivity index (χ4n) is 7.25. The van der Waals surface area contributed by atoms with Crippen LogP contribution in [0.1, 0.15) is 72.1 Å². The maximum absolute atomic E-state index is 12.8. The molecule has 4 nitrogen and oxygen atoms in total. The van der Waals surface area contributed by atoms with Crippen LogP contribution in [0, 0.1) is 28.6 Å². The number of carbonyl (C=O) groups is 3. The summed E-state index contributed by atoms with van der Waals surface area (Å²) in [5.74, 6) is 0.998. The highest BCUT2D eigenvalue weighted by atomic mass is 79.9. The lowest BCUT2D eigenvalue weighted by atomic mass is 9.46. The maximum Gasteiger partial charge on any atom is 0.303 e. The topological polar surface area (TPSA) is 60.4 Å². The lowest BCUT2D eigenvalue weighted by Gasteiger charge is -2.63. The average molecular weight is 451 g/mol. The Balaban J connectivity index is 1.61. The number of ketones is 2. The molecule has 0 amide bonds. The number of Topliss-reactive ketones (excluding diaryl/α,β-unsaturated/α-hetero) is 1. The van der Waals surface area contributed by atoms with E-state index in [1.165, 1.54) is 12.5 Å². The smallest absolute Gasteiger partial charge is 0.303 e. The van der Waals surface area contributed by atoms with Crippen molar-refractivity contribution >= 4 is 33.5 Å². The van der Waals surface area contributed by atoms with E-state index >= 15 is 0 Å². The van der Waals surface area contributed by atoms with Gasteiger partial charge >= 0.3 is 5.97 Å². The summed E-state index contributed by atoms with van der Waals surface area (Å²) in [5.41, 5.74) is 1.35. The molecular formula is C23H31BrO4. The Morgan fingerprint density at radius 3 is 2.57 bits per heavy atom. The molecule has 0 radical (unpaired) electrons. The van der Waals surface area contributed by atoms with Crippen LogP contribution in [0.15, 0.2) is 11.6 Å². The molecule has 3 saturated carbocycles.